The molecule has 15 rings (SSSR count). The van der Waals surface area contributed by atoms with E-state index >= 15 is 0 Å². The first-order chi connectivity index (χ1) is 50.2. The molecule has 3 aliphatic rings. The lowest BCUT2D eigenvalue weighted by atomic mass is 9.95. The van der Waals surface area contributed by atoms with Crippen LogP contribution in [0.25, 0.3) is 67.1 Å². The van der Waals surface area contributed by atoms with Gasteiger partial charge in [-0.2, -0.15) is 0 Å². The van der Waals surface area contributed by atoms with Crippen LogP contribution in [0.2, 0.25) is 10.0 Å². The first kappa shape index (κ1) is 71.0. The van der Waals surface area contributed by atoms with Crippen molar-refractivity contribution < 1.29 is 52.4 Å². The molecule has 20 heteroatoms. The maximum absolute atomic E-state index is 13.8. The number of hydrogen-bond donors (Lipinski definition) is 2. The zero-order valence-corrected chi connectivity index (χ0v) is 59.7. The van der Waals surface area contributed by atoms with E-state index in [4.69, 9.17) is 51.0 Å². The van der Waals surface area contributed by atoms with Gasteiger partial charge in [0, 0.05) is 83.8 Å². The van der Waals surface area contributed by atoms with E-state index in [9.17, 15) is 24.6 Å². The second kappa shape index (κ2) is 32.7. The van der Waals surface area contributed by atoms with Crippen molar-refractivity contribution in [1.82, 2.24) is 30.2 Å². The van der Waals surface area contributed by atoms with E-state index in [1.807, 2.05) is 115 Å². The first-order valence-corrected chi connectivity index (χ1v) is 36.1. The van der Waals surface area contributed by atoms with Crippen molar-refractivity contribution >= 4 is 51.9 Å². The van der Waals surface area contributed by atoms with E-state index in [1.165, 1.54) is 17.4 Å². The normalized spacial score (nSPS) is 14.1. The fourth-order valence-corrected chi connectivity index (χ4v) is 14.1. The first-order valence-electron chi connectivity index (χ1n) is 34.5. The molecule has 0 aliphatic carbocycles. The highest BCUT2D eigenvalue weighted by Gasteiger charge is 2.34. The summed E-state index contributed by atoms with van der Waals surface area (Å²) < 4.78 is 35.2. The van der Waals surface area contributed by atoms with Gasteiger partial charge >= 0.3 is 0 Å². The summed E-state index contributed by atoms with van der Waals surface area (Å²) in [6.07, 6.45) is 3.99. The van der Waals surface area contributed by atoms with Crippen molar-refractivity contribution in [2.45, 2.75) is 65.3 Å². The van der Waals surface area contributed by atoms with E-state index in [-0.39, 0.29) is 58.5 Å². The predicted molar refractivity (Wildman–Crippen MR) is 401 cm³/mol. The number of aromatic nitrogens is 3. The number of thiophene rings is 1. The van der Waals surface area contributed by atoms with Crippen LogP contribution in [0.1, 0.15) is 93.4 Å². The summed E-state index contributed by atoms with van der Waals surface area (Å²) in [4.78, 5) is 49.2. The van der Waals surface area contributed by atoms with Crippen molar-refractivity contribution in [3.63, 3.8) is 0 Å². The zero-order valence-electron chi connectivity index (χ0n) is 57.3. The number of halogens is 2. The maximum Gasteiger partial charge on any atom is 0.199 e. The average molecular weight is 1440 g/mol. The molecule has 8 aromatic carbocycles. The number of hydrogen-bond acceptors (Lipinski definition) is 18. The number of aryl methyl sites for hydroxylation is 1. The fourth-order valence-electron chi connectivity index (χ4n) is 12.7. The highest BCUT2D eigenvalue weighted by molar-refractivity contribution is 7.13. The second-order valence-corrected chi connectivity index (χ2v) is 27.4. The minimum Gasteiger partial charge on any atom is -0.508 e. The number of carbonyl (C=O) groups is 3. The molecule has 0 saturated carbocycles. The molecule has 2 N–H and O–H groups in total. The monoisotopic (exact) mass is 1430 g/mol. The van der Waals surface area contributed by atoms with E-state index in [1.54, 1.807) is 97.1 Å². The number of carbonyl (C=O) groups excluding carboxylic acids is 3. The molecule has 0 bridgehead atoms. The van der Waals surface area contributed by atoms with Crippen LogP contribution in [0.4, 0.5) is 0 Å². The van der Waals surface area contributed by atoms with Crippen molar-refractivity contribution in [2.75, 3.05) is 58.9 Å². The quantitative estimate of drug-likeness (QED) is 0.0539. The molecule has 0 spiro atoms. The van der Waals surface area contributed by atoms with E-state index in [0.717, 1.165) is 111 Å². The third-order valence-electron chi connectivity index (χ3n) is 18.0. The van der Waals surface area contributed by atoms with Crippen LogP contribution < -0.4 is 14.2 Å². The Bertz CT molecular complexity index is 4880. The topological polar surface area (TPSA) is 207 Å². The number of phenolic OH excluding ortho intramolecular Hbond substituents is 2. The van der Waals surface area contributed by atoms with Crippen LogP contribution >= 0.6 is 34.5 Å². The Morgan fingerprint density at radius 1 is 0.437 bits per heavy atom. The van der Waals surface area contributed by atoms with Gasteiger partial charge in [0.1, 0.15) is 64.1 Å². The summed E-state index contributed by atoms with van der Waals surface area (Å²) >= 11 is 14.4. The van der Waals surface area contributed by atoms with Crippen LogP contribution in [0.5, 0.6) is 28.7 Å². The van der Waals surface area contributed by atoms with Crippen molar-refractivity contribution in [3.05, 3.63) is 261 Å². The largest absolute Gasteiger partial charge is 0.508 e. The van der Waals surface area contributed by atoms with Gasteiger partial charge < -0.3 is 38.0 Å². The molecule has 0 amide bonds. The molecule has 3 saturated heterocycles. The second-order valence-electron chi connectivity index (χ2n) is 25.6. The Kier molecular flexibility index (Phi) is 22.5. The molecule has 103 heavy (non-hydrogen) atoms. The molecule has 17 nitrogen and oxygen atoms in total. The van der Waals surface area contributed by atoms with Gasteiger partial charge in [0.25, 0.3) is 0 Å². The fraction of sp³-hybridized carbons (Fsp3) is 0.229. The SMILES string of the molecule is CCCN1CC(Oc2ccc(C(=O)c3c(-c4ccccc4Cl)noc3-c3cccc(O)c3)cc2)C1.CCCN1CC(Oc2ccc(C(=O)c3c(-c4ccccc4Cl)noc3-c3ccccc3)cc2)C1.CCCN1CC(Oc2ccc(C(=O)c3c(-c4sccc4C)noc3-c3ccc(O)cc3)cc2)C1. The van der Waals surface area contributed by atoms with E-state index < -0.39 is 0 Å². The number of phenols is 2. The summed E-state index contributed by atoms with van der Waals surface area (Å²) in [5, 5.41) is 35.3. The lowest BCUT2D eigenvalue weighted by Gasteiger charge is -2.38. The summed E-state index contributed by atoms with van der Waals surface area (Å²) in [5.74, 6) is 2.93. The van der Waals surface area contributed by atoms with Crippen molar-refractivity contribution in [1.29, 1.82) is 0 Å². The molecule has 7 heterocycles. The third-order valence-corrected chi connectivity index (χ3v) is 19.7. The number of likely N-dealkylation sites (tertiary alicyclic amines) is 3. The van der Waals surface area contributed by atoms with Gasteiger partial charge in [0.15, 0.2) is 34.6 Å². The van der Waals surface area contributed by atoms with E-state index in [0.29, 0.717) is 88.7 Å². The van der Waals surface area contributed by atoms with Crippen molar-refractivity contribution in [3.8, 4) is 95.8 Å². The minimum atomic E-state index is -0.260. The average Bonchev–Trinajstić information content (AvgIpc) is 1.65. The smallest absolute Gasteiger partial charge is 0.199 e. The highest BCUT2D eigenvalue weighted by atomic mass is 35.5. The lowest BCUT2D eigenvalue weighted by molar-refractivity contribution is 0.0201. The summed E-state index contributed by atoms with van der Waals surface area (Å²) in [6, 6.07) is 60.7. The van der Waals surface area contributed by atoms with Crippen LogP contribution in [0.15, 0.2) is 225 Å². The number of ketones is 3. The third kappa shape index (κ3) is 16.4. The number of rotatable bonds is 24. The molecule has 0 atom stereocenters. The molecule has 0 radical (unpaired) electrons. The summed E-state index contributed by atoms with van der Waals surface area (Å²) in [6.45, 7) is 17.4. The highest BCUT2D eigenvalue weighted by Crippen LogP contribution is 2.42. The van der Waals surface area contributed by atoms with Gasteiger partial charge in [0.05, 0.1) is 31.6 Å². The van der Waals surface area contributed by atoms with Gasteiger partial charge in [-0.15, -0.1) is 11.3 Å². The Balaban J connectivity index is 0.000000138. The number of aromatic hydroxyl groups is 2. The van der Waals surface area contributed by atoms with E-state index in [2.05, 4.69) is 50.9 Å². The van der Waals surface area contributed by atoms with Gasteiger partial charge in [-0.25, -0.2) is 0 Å². The Labute approximate surface area is 611 Å². The standard InChI is InChI=1S/C28H25ClN2O4.C28H25ClN2O3.C27H26N2O4S/c1-2-14-31-16-22(17-31)34-21-12-10-18(11-13-21)27(33)25-26(23-8-3-4-9-24(23)29)30-35-28(25)19-6-5-7-20(32)15-19;1-2-16-31-17-22(18-31)33-21-14-12-19(13-15-21)27(32)25-26(23-10-6-7-11-24(23)29)30-34-28(25)20-8-4-3-5-9-20;1-3-13-29-15-22(16-29)32-21-10-6-18(7-11-21)25(31)23-24(27-17(2)12-14-34-27)28-33-26(23)19-4-8-20(30)9-5-19/h3-13,15,22,32H,2,14,16-17H2,1H3;3-15,22H,2,16-18H2,1H3;4-12,14,22,30H,3,13,15-16H2,1-2H3. The summed E-state index contributed by atoms with van der Waals surface area (Å²) in [7, 11) is 0. The zero-order chi connectivity index (χ0) is 71.5. The van der Waals surface area contributed by atoms with Gasteiger partial charge in [-0.1, -0.05) is 138 Å². The number of benzene rings is 8. The molecular weight excluding hydrogens is 1360 g/mol. The Hall–Kier alpha value is -10.4. The lowest BCUT2D eigenvalue weighted by Crippen LogP contribution is -2.53. The van der Waals surface area contributed by atoms with Gasteiger partial charge in [0.2, 0.25) is 0 Å². The van der Waals surface area contributed by atoms with Gasteiger partial charge in [-0.05, 0) is 184 Å². The molecule has 524 valence electrons. The minimum absolute atomic E-state index is 0.0617. The molecular formula is C83H76Cl2N6O11S. The molecule has 3 fully saturated rings. The Morgan fingerprint density at radius 3 is 1.19 bits per heavy atom. The molecule has 3 aliphatic heterocycles. The Morgan fingerprint density at radius 2 is 0.806 bits per heavy atom. The maximum atomic E-state index is 13.8. The van der Waals surface area contributed by atoms with Crippen molar-refractivity contribution in [2.24, 2.45) is 0 Å². The predicted octanol–water partition coefficient (Wildman–Crippen LogP) is 18.2. The summed E-state index contributed by atoms with van der Waals surface area (Å²) in [5.41, 5.74) is 8.21. The molecule has 4 aromatic heterocycles. The van der Waals surface area contributed by atoms with Crippen LogP contribution in [-0.4, -0.2) is 135 Å². The van der Waals surface area contributed by atoms with Crippen LogP contribution in [-0.2, 0) is 0 Å². The molecule has 0 unspecified atom stereocenters. The van der Waals surface area contributed by atoms with Crippen LogP contribution in [0, 0.1) is 6.92 Å². The van der Waals surface area contributed by atoms with Gasteiger partial charge in [-0.3, -0.25) is 29.1 Å². The number of nitrogens with zero attached hydrogens (tertiary/aromatic N) is 6. The number of ether oxygens (including phenoxy) is 3. The molecule has 12 aromatic rings. The van der Waals surface area contributed by atoms with Crippen LogP contribution in [0.3, 0.4) is 0 Å².